The second kappa shape index (κ2) is 7.44. The van der Waals surface area contributed by atoms with Crippen molar-refractivity contribution in [2.45, 2.75) is 53.0 Å². The number of aryl methyl sites for hydroxylation is 1. The Kier molecular flexibility index (Phi) is 5.60. The van der Waals surface area contributed by atoms with Gasteiger partial charge in [0.2, 0.25) is 0 Å². The van der Waals surface area contributed by atoms with Crippen molar-refractivity contribution in [1.82, 2.24) is 14.9 Å². The van der Waals surface area contributed by atoms with Crippen molar-refractivity contribution in [3.63, 3.8) is 0 Å². The minimum Gasteiger partial charge on any atom is -0.341 e. The van der Waals surface area contributed by atoms with Gasteiger partial charge in [-0.25, -0.2) is 4.98 Å². The number of benzene rings is 1. The fourth-order valence-electron chi connectivity index (χ4n) is 2.50. The van der Waals surface area contributed by atoms with E-state index in [0.29, 0.717) is 0 Å². The Hall–Kier alpha value is -1.35. The van der Waals surface area contributed by atoms with Crippen LogP contribution in [0.5, 0.6) is 0 Å². The number of nitrogens with zero attached hydrogens (tertiary/aromatic N) is 2. The fraction of sp³-hybridized carbons (Fsp3) is 0.588. The molecule has 110 valence electrons. The summed E-state index contributed by atoms with van der Waals surface area (Å²) in [7, 11) is 0. The van der Waals surface area contributed by atoms with Gasteiger partial charge in [0.25, 0.3) is 0 Å². The average Bonchev–Trinajstić information content (AvgIpc) is 2.83. The van der Waals surface area contributed by atoms with Gasteiger partial charge in [0.15, 0.2) is 0 Å². The SMILES string of the molecule is CCCCN(CCCC)Cc1nc2ccc(C)cc2[nH]1. The van der Waals surface area contributed by atoms with E-state index in [2.05, 4.69) is 48.9 Å². The lowest BCUT2D eigenvalue weighted by Gasteiger charge is -2.20. The molecule has 3 heteroatoms. The van der Waals surface area contributed by atoms with Crippen LogP contribution in [-0.2, 0) is 6.54 Å². The summed E-state index contributed by atoms with van der Waals surface area (Å²) < 4.78 is 0. The normalized spacial score (nSPS) is 11.6. The first-order valence-corrected chi connectivity index (χ1v) is 7.90. The molecule has 0 fully saturated rings. The zero-order chi connectivity index (χ0) is 14.4. The lowest BCUT2D eigenvalue weighted by molar-refractivity contribution is 0.252. The summed E-state index contributed by atoms with van der Waals surface area (Å²) in [5.41, 5.74) is 3.52. The molecule has 2 aromatic rings. The van der Waals surface area contributed by atoms with Crippen LogP contribution in [0.1, 0.15) is 50.9 Å². The molecular formula is C17H27N3. The molecule has 1 N–H and O–H groups in total. The van der Waals surface area contributed by atoms with Gasteiger partial charge in [-0.05, 0) is 50.6 Å². The van der Waals surface area contributed by atoms with Crippen LogP contribution in [0.15, 0.2) is 18.2 Å². The predicted octanol–water partition coefficient (Wildman–Crippen LogP) is 4.27. The zero-order valence-corrected chi connectivity index (χ0v) is 13.1. The second-order valence-corrected chi connectivity index (χ2v) is 5.69. The van der Waals surface area contributed by atoms with Crippen molar-refractivity contribution < 1.29 is 0 Å². The van der Waals surface area contributed by atoms with E-state index in [1.807, 2.05) is 0 Å². The summed E-state index contributed by atoms with van der Waals surface area (Å²) in [5, 5.41) is 0. The molecule has 3 nitrogen and oxygen atoms in total. The van der Waals surface area contributed by atoms with E-state index < -0.39 is 0 Å². The molecule has 0 spiro atoms. The van der Waals surface area contributed by atoms with E-state index in [0.717, 1.165) is 23.4 Å². The topological polar surface area (TPSA) is 31.9 Å². The smallest absolute Gasteiger partial charge is 0.121 e. The molecule has 0 unspecified atom stereocenters. The van der Waals surface area contributed by atoms with Crippen molar-refractivity contribution in [1.29, 1.82) is 0 Å². The number of imidazole rings is 1. The fourth-order valence-corrected chi connectivity index (χ4v) is 2.50. The van der Waals surface area contributed by atoms with E-state index in [1.54, 1.807) is 0 Å². The van der Waals surface area contributed by atoms with Crippen LogP contribution in [0, 0.1) is 6.92 Å². The Labute approximate surface area is 122 Å². The number of fused-ring (bicyclic) bond motifs is 1. The van der Waals surface area contributed by atoms with E-state index in [9.17, 15) is 0 Å². The number of aromatic nitrogens is 2. The number of unbranched alkanes of at least 4 members (excludes halogenated alkanes) is 2. The molecular weight excluding hydrogens is 246 g/mol. The molecule has 0 amide bonds. The van der Waals surface area contributed by atoms with Gasteiger partial charge in [0.1, 0.15) is 5.82 Å². The number of nitrogens with one attached hydrogen (secondary N) is 1. The molecule has 0 atom stereocenters. The third-order valence-corrected chi connectivity index (χ3v) is 3.72. The number of H-pyrrole nitrogens is 1. The van der Waals surface area contributed by atoms with Crippen LogP contribution in [0.3, 0.4) is 0 Å². The highest BCUT2D eigenvalue weighted by Gasteiger charge is 2.09. The van der Waals surface area contributed by atoms with Crippen molar-refractivity contribution in [2.24, 2.45) is 0 Å². The van der Waals surface area contributed by atoms with Gasteiger partial charge in [0, 0.05) is 0 Å². The lowest BCUT2D eigenvalue weighted by atomic mass is 10.2. The monoisotopic (exact) mass is 273 g/mol. The van der Waals surface area contributed by atoms with Crippen LogP contribution >= 0.6 is 0 Å². The zero-order valence-electron chi connectivity index (χ0n) is 13.1. The molecule has 0 aliphatic carbocycles. The summed E-state index contributed by atoms with van der Waals surface area (Å²) in [6.45, 7) is 9.91. The van der Waals surface area contributed by atoms with Gasteiger partial charge >= 0.3 is 0 Å². The summed E-state index contributed by atoms with van der Waals surface area (Å²) in [5.74, 6) is 1.10. The molecule has 0 aliphatic heterocycles. The number of hydrogen-bond donors (Lipinski definition) is 1. The highest BCUT2D eigenvalue weighted by Crippen LogP contribution is 2.14. The Balaban J connectivity index is 2.06. The highest BCUT2D eigenvalue weighted by molar-refractivity contribution is 5.75. The highest BCUT2D eigenvalue weighted by atomic mass is 15.1. The maximum Gasteiger partial charge on any atom is 0.121 e. The van der Waals surface area contributed by atoms with Gasteiger partial charge in [-0.2, -0.15) is 0 Å². The van der Waals surface area contributed by atoms with Gasteiger partial charge in [0.05, 0.1) is 17.6 Å². The molecule has 1 aromatic heterocycles. The summed E-state index contributed by atoms with van der Waals surface area (Å²) >= 11 is 0. The maximum atomic E-state index is 4.71. The largest absolute Gasteiger partial charge is 0.341 e. The Morgan fingerprint density at radius 2 is 1.80 bits per heavy atom. The van der Waals surface area contributed by atoms with E-state index in [4.69, 9.17) is 4.98 Å². The van der Waals surface area contributed by atoms with Gasteiger partial charge < -0.3 is 4.98 Å². The molecule has 20 heavy (non-hydrogen) atoms. The van der Waals surface area contributed by atoms with Crippen LogP contribution in [0.25, 0.3) is 11.0 Å². The molecule has 0 saturated heterocycles. The molecule has 0 saturated carbocycles. The van der Waals surface area contributed by atoms with Gasteiger partial charge in [-0.3, -0.25) is 4.90 Å². The van der Waals surface area contributed by atoms with Crippen LogP contribution in [0.4, 0.5) is 0 Å². The number of aromatic amines is 1. The number of rotatable bonds is 8. The summed E-state index contributed by atoms with van der Waals surface area (Å²) in [6.07, 6.45) is 5.04. The van der Waals surface area contributed by atoms with E-state index >= 15 is 0 Å². The molecule has 0 aliphatic rings. The lowest BCUT2D eigenvalue weighted by Crippen LogP contribution is -2.26. The number of hydrogen-bond acceptors (Lipinski definition) is 2. The molecule has 1 heterocycles. The molecule has 0 radical (unpaired) electrons. The maximum absolute atomic E-state index is 4.71. The average molecular weight is 273 g/mol. The first-order valence-electron chi connectivity index (χ1n) is 7.90. The molecule has 2 rings (SSSR count). The molecule has 1 aromatic carbocycles. The van der Waals surface area contributed by atoms with Gasteiger partial charge in [-0.1, -0.05) is 32.8 Å². The second-order valence-electron chi connectivity index (χ2n) is 5.69. The van der Waals surface area contributed by atoms with Crippen molar-refractivity contribution in [3.05, 3.63) is 29.6 Å². The third kappa shape index (κ3) is 4.07. The predicted molar refractivity (Wildman–Crippen MR) is 85.9 cm³/mol. The van der Waals surface area contributed by atoms with Crippen molar-refractivity contribution in [2.75, 3.05) is 13.1 Å². The van der Waals surface area contributed by atoms with E-state index in [1.165, 1.54) is 44.3 Å². The van der Waals surface area contributed by atoms with Crippen molar-refractivity contribution >= 4 is 11.0 Å². The summed E-state index contributed by atoms with van der Waals surface area (Å²) in [6, 6.07) is 6.40. The standard InChI is InChI=1S/C17H27N3/c1-4-6-10-20(11-7-5-2)13-17-18-15-9-8-14(3)12-16(15)19-17/h8-9,12H,4-7,10-11,13H2,1-3H3,(H,18,19). The Bertz CT molecular complexity index is 522. The quantitative estimate of drug-likeness (QED) is 0.778. The Morgan fingerprint density at radius 1 is 1.10 bits per heavy atom. The minimum atomic E-state index is 0.938. The van der Waals surface area contributed by atoms with Crippen LogP contribution in [0.2, 0.25) is 0 Å². The van der Waals surface area contributed by atoms with Crippen LogP contribution < -0.4 is 0 Å². The van der Waals surface area contributed by atoms with Crippen molar-refractivity contribution in [3.8, 4) is 0 Å². The Morgan fingerprint density at radius 3 is 2.45 bits per heavy atom. The van der Waals surface area contributed by atoms with Crippen LogP contribution in [-0.4, -0.2) is 28.0 Å². The third-order valence-electron chi connectivity index (χ3n) is 3.72. The summed E-state index contributed by atoms with van der Waals surface area (Å²) in [4.78, 5) is 10.7. The molecule has 0 bridgehead atoms. The first-order chi connectivity index (χ1) is 9.72. The van der Waals surface area contributed by atoms with E-state index in [-0.39, 0.29) is 0 Å². The first kappa shape index (κ1) is 15.0. The minimum absolute atomic E-state index is 0.938. The van der Waals surface area contributed by atoms with Gasteiger partial charge in [-0.15, -0.1) is 0 Å².